The van der Waals surface area contributed by atoms with E-state index in [9.17, 15) is 9.59 Å². The van der Waals surface area contributed by atoms with Crippen LogP contribution in [0.1, 0.15) is 45.3 Å². The van der Waals surface area contributed by atoms with Crippen LogP contribution in [0.25, 0.3) is 0 Å². The van der Waals surface area contributed by atoms with Gasteiger partial charge in [0.05, 0.1) is 4.60 Å². The molecule has 0 bridgehead atoms. The summed E-state index contributed by atoms with van der Waals surface area (Å²) in [6, 6.07) is 3.21. The monoisotopic (exact) mass is 382 g/mol. The second kappa shape index (κ2) is 7.08. The first-order valence-corrected chi connectivity index (χ1v) is 8.07. The van der Waals surface area contributed by atoms with E-state index in [1.165, 1.54) is 0 Å². The summed E-state index contributed by atoms with van der Waals surface area (Å²) in [5.41, 5.74) is -0.285. The van der Waals surface area contributed by atoms with E-state index in [-0.39, 0.29) is 29.0 Å². The van der Waals surface area contributed by atoms with Crippen LogP contribution in [0.3, 0.4) is 0 Å². The highest BCUT2D eigenvalue weighted by molar-refractivity contribution is 9.10. The quantitative estimate of drug-likeness (QED) is 0.774. The third-order valence-electron chi connectivity index (χ3n) is 3.08. The van der Waals surface area contributed by atoms with Gasteiger partial charge in [0.15, 0.2) is 5.82 Å². The van der Waals surface area contributed by atoms with Gasteiger partial charge in [-0.3, -0.25) is 9.59 Å². The minimum absolute atomic E-state index is 0.165. The van der Waals surface area contributed by atoms with E-state index < -0.39 is 0 Å². The van der Waals surface area contributed by atoms with E-state index >= 15 is 0 Å². The van der Waals surface area contributed by atoms with Gasteiger partial charge in [0, 0.05) is 18.3 Å². The van der Waals surface area contributed by atoms with Crippen LogP contribution in [0.2, 0.25) is 0 Å². The average molecular weight is 383 g/mol. The van der Waals surface area contributed by atoms with E-state index in [4.69, 9.17) is 4.52 Å². The van der Waals surface area contributed by atoms with Crippen LogP contribution in [0, 0.1) is 0 Å². The standard InChI is InChI=1S/C15H19BrN4O3/c1-15(2,3)14-19-12(23-20-14)6-4-5-11(21)17-9-7-8-10(16)18-13(9)22/h7-8H,4-6H2,1-3H3,(H,17,21)(H,18,22). The van der Waals surface area contributed by atoms with Gasteiger partial charge >= 0.3 is 0 Å². The predicted molar refractivity (Wildman–Crippen MR) is 89.3 cm³/mol. The Morgan fingerprint density at radius 2 is 2.13 bits per heavy atom. The summed E-state index contributed by atoms with van der Waals surface area (Å²) in [6.07, 6.45) is 1.35. The minimum atomic E-state index is -0.348. The lowest BCUT2D eigenvalue weighted by atomic mass is 9.96. The molecule has 2 heterocycles. The van der Waals surface area contributed by atoms with Crippen LogP contribution in [-0.2, 0) is 16.6 Å². The predicted octanol–water partition coefficient (Wildman–Crippen LogP) is 2.78. The lowest BCUT2D eigenvalue weighted by Gasteiger charge is -2.10. The number of amides is 1. The molecule has 0 aliphatic carbocycles. The molecule has 2 aromatic heterocycles. The van der Waals surface area contributed by atoms with Crippen LogP contribution in [-0.4, -0.2) is 21.0 Å². The zero-order valence-corrected chi connectivity index (χ0v) is 14.9. The Morgan fingerprint density at radius 1 is 1.39 bits per heavy atom. The van der Waals surface area contributed by atoms with Gasteiger partial charge in [0.2, 0.25) is 11.8 Å². The number of hydrogen-bond acceptors (Lipinski definition) is 5. The summed E-state index contributed by atoms with van der Waals surface area (Å²) in [7, 11) is 0. The van der Waals surface area contributed by atoms with Crippen LogP contribution in [0.5, 0.6) is 0 Å². The molecule has 8 heteroatoms. The molecular weight excluding hydrogens is 364 g/mol. The first-order valence-electron chi connectivity index (χ1n) is 7.27. The van der Waals surface area contributed by atoms with Crippen LogP contribution >= 0.6 is 15.9 Å². The number of nitrogens with zero attached hydrogens (tertiary/aromatic N) is 2. The summed E-state index contributed by atoms with van der Waals surface area (Å²) in [5, 5.41) is 6.52. The highest BCUT2D eigenvalue weighted by Crippen LogP contribution is 2.19. The molecule has 0 saturated carbocycles. The van der Waals surface area contributed by atoms with E-state index in [2.05, 4.69) is 36.4 Å². The number of nitrogens with one attached hydrogen (secondary N) is 2. The molecule has 0 atom stereocenters. The summed E-state index contributed by atoms with van der Waals surface area (Å²) >= 11 is 3.15. The highest BCUT2D eigenvalue weighted by Gasteiger charge is 2.20. The largest absolute Gasteiger partial charge is 0.339 e. The molecule has 7 nitrogen and oxygen atoms in total. The van der Waals surface area contributed by atoms with Crippen molar-refractivity contribution in [1.82, 2.24) is 15.1 Å². The van der Waals surface area contributed by atoms with Crippen molar-refractivity contribution in [2.24, 2.45) is 0 Å². The average Bonchev–Trinajstić information content (AvgIpc) is 2.91. The maximum Gasteiger partial charge on any atom is 0.272 e. The Balaban J connectivity index is 1.83. The Hall–Kier alpha value is -1.96. The van der Waals surface area contributed by atoms with Crippen molar-refractivity contribution in [2.45, 2.75) is 45.4 Å². The number of anilines is 1. The number of halogens is 1. The normalized spacial score (nSPS) is 11.5. The molecule has 0 spiro atoms. The highest BCUT2D eigenvalue weighted by atomic mass is 79.9. The number of aromatic nitrogens is 3. The number of aryl methyl sites for hydroxylation is 1. The molecule has 0 aromatic carbocycles. The van der Waals surface area contributed by atoms with Gasteiger partial charge in [-0.05, 0) is 34.5 Å². The molecule has 2 N–H and O–H groups in total. The summed E-state index contributed by atoms with van der Waals surface area (Å²) in [4.78, 5) is 30.4. The van der Waals surface area contributed by atoms with Crippen molar-refractivity contribution in [3.63, 3.8) is 0 Å². The van der Waals surface area contributed by atoms with Gasteiger partial charge in [0.1, 0.15) is 5.69 Å². The smallest absolute Gasteiger partial charge is 0.272 e. The van der Waals surface area contributed by atoms with Crippen molar-refractivity contribution in [1.29, 1.82) is 0 Å². The maximum atomic E-state index is 11.9. The van der Waals surface area contributed by atoms with Crippen molar-refractivity contribution >= 4 is 27.5 Å². The second-order valence-electron chi connectivity index (χ2n) is 6.21. The van der Waals surface area contributed by atoms with Gasteiger partial charge in [-0.2, -0.15) is 4.98 Å². The second-order valence-corrected chi connectivity index (χ2v) is 7.07. The van der Waals surface area contributed by atoms with Crippen LogP contribution in [0.15, 0.2) is 26.1 Å². The summed E-state index contributed by atoms with van der Waals surface area (Å²) in [6.45, 7) is 6.01. The minimum Gasteiger partial charge on any atom is -0.339 e. The molecule has 0 saturated heterocycles. The van der Waals surface area contributed by atoms with Crippen LogP contribution < -0.4 is 10.9 Å². The SMILES string of the molecule is CC(C)(C)c1noc(CCCC(=O)Nc2ccc(Br)[nH]c2=O)n1. The molecule has 23 heavy (non-hydrogen) atoms. The summed E-state index contributed by atoms with van der Waals surface area (Å²) in [5.74, 6) is 0.941. The Morgan fingerprint density at radius 3 is 2.74 bits per heavy atom. The molecule has 2 aromatic rings. The van der Waals surface area contributed by atoms with Crippen molar-refractivity contribution in [3.05, 3.63) is 38.8 Å². The molecule has 0 aliphatic heterocycles. The fourth-order valence-electron chi connectivity index (χ4n) is 1.82. The lowest BCUT2D eigenvalue weighted by Crippen LogP contribution is -2.19. The van der Waals surface area contributed by atoms with Crippen molar-refractivity contribution in [3.8, 4) is 0 Å². The van der Waals surface area contributed by atoms with Gasteiger partial charge in [-0.15, -0.1) is 0 Å². The van der Waals surface area contributed by atoms with Crippen LogP contribution in [0.4, 0.5) is 5.69 Å². The molecule has 124 valence electrons. The zero-order chi connectivity index (χ0) is 17.0. The number of hydrogen-bond donors (Lipinski definition) is 2. The third kappa shape index (κ3) is 5.02. The third-order valence-corrected chi connectivity index (χ3v) is 3.54. The number of carbonyl (C=O) groups excluding carboxylic acids is 1. The number of H-pyrrole nitrogens is 1. The van der Waals surface area contributed by atoms with E-state index in [0.717, 1.165) is 0 Å². The zero-order valence-electron chi connectivity index (χ0n) is 13.3. The Kier molecular flexibility index (Phi) is 5.35. The first-order chi connectivity index (χ1) is 10.8. The number of rotatable bonds is 5. The van der Waals surface area contributed by atoms with Gasteiger partial charge in [0.25, 0.3) is 5.56 Å². The van der Waals surface area contributed by atoms with E-state index in [1.54, 1.807) is 12.1 Å². The van der Waals surface area contributed by atoms with E-state index in [0.29, 0.717) is 29.2 Å². The summed E-state index contributed by atoms with van der Waals surface area (Å²) < 4.78 is 5.73. The maximum absolute atomic E-state index is 11.9. The molecular formula is C15H19BrN4O3. The number of aromatic amines is 1. The molecule has 0 aliphatic rings. The molecule has 1 amide bonds. The van der Waals surface area contributed by atoms with Gasteiger partial charge in [-0.1, -0.05) is 25.9 Å². The lowest BCUT2D eigenvalue weighted by molar-refractivity contribution is -0.116. The van der Waals surface area contributed by atoms with Crippen molar-refractivity contribution < 1.29 is 9.32 Å². The molecule has 0 fully saturated rings. The van der Waals surface area contributed by atoms with Gasteiger partial charge in [-0.25, -0.2) is 0 Å². The topological polar surface area (TPSA) is 101 Å². The van der Waals surface area contributed by atoms with E-state index in [1.807, 2.05) is 20.8 Å². The van der Waals surface area contributed by atoms with Gasteiger partial charge < -0.3 is 14.8 Å². The number of pyridine rings is 1. The number of carbonyl (C=O) groups is 1. The fraction of sp³-hybridized carbons (Fsp3) is 0.467. The first kappa shape index (κ1) is 17.4. The molecule has 0 unspecified atom stereocenters. The Labute approximate surface area is 142 Å². The van der Waals surface area contributed by atoms with Crippen molar-refractivity contribution in [2.75, 3.05) is 5.32 Å². The Bertz CT molecular complexity index is 746. The molecule has 2 rings (SSSR count). The fourth-order valence-corrected chi connectivity index (χ4v) is 2.13. The molecule has 0 radical (unpaired) electrons.